The molecule has 0 atom stereocenters. The second-order valence-electron chi connectivity index (χ2n) is 3.74. The Bertz CT molecular complexity index is 208. The smallest absolute Gasteiger partial charge is 0.254 e. The summed E-state index contributed by atoms with van der Waals surface area (Å²) in [4.78, 5) is 13.8. The number of carbonyl (C=O) groups excluding carboxylic acids is 1. The maximum atomic E-state index is 11.9. The highest BCUT2D eigenvalue weighted by molar-refractivity contribution is 5.88. The quantitative estimate of drug-likeness (QED) is 0.634. The van der Waals surface area contributed by atoms with Gasteiger partial charge in [0.1, 0.15) is 5.60 Å². The van der Waals surface area contributed by atoms with Crippen molar-refractivity contribution in [3.8, 4) is 0 Å². The summed E-state index contributed by atoms with van der Waals surface area (Å²) in [5.41, 5.74) is -0.433. The largest absolute Gasteiger partial charge is 0.368 e. The zero-order valence-corrected chi connectivity index (χ0v) is 8.01. The minimum atomic E-state index is -0.433. The van der Waals surface area contributed by atoms with Crippen LogP contribution in [0.2, 0.25) is 0 Å². The summed E-state index contributed by atoms with van der Waals surface area (Å²) >= 11 is 0. The number of hydrogen-bond acceptors (Lipinski definition) is 3. The van der Waals surface area contributed by atoms with E-state index in [0.29, 0.717) is 0 Å². The molecule has 13 heavy (non-hydrogen) atoms. The van der Waals surface area contributed by atoms with Crippen molar-refractivity contribution >= 4 is 5.91 Å². The summed E-state index contributed by atoms with van der Waals surface area (Å²) in [5, 5.41) is 3.22. The molecule has 0 aromatic heterocycles. The second-order valence-corrected chi connectivity index (χ2v) is 3.74. The summed E-state index contributed by atoms with van der Waals surface area (Å²) in [6, 6.07) is 0. The van der Waals surface area contributed by atoms with Gasteiger partial charge in [0.15, 0.2) is 0 Å². The van der Waals surface area contributed by atoms with Crippen LogP contribution in [-0.2, 0) is 9.53 Å². The van der Waals surface area contributed by atoms with E-state index in [9.17, 15) is 4.79 Å². The van der Waals surface area contributed by atoms with Gasteiger partial charge < -0.3 is 15.0 Å². The Labute approximate surface area is 78.2 Å². The number of nitrogens with zero attached hydrogens (tertiary/aromatic N) is 1. The Balaban J connectivity index is 1.95. The SMILES string of the molecule is COC1(C(=O)N2CCNCC2)CC1. The molecule has 0 radical (unpaired) electrons. The lowest BCUT2D eigenvalue weighted by molar-refractivity contribution is -0.145. The molecule has 0 aromatic carbocycles. The molecule has 4 heteroatoms. The number of nitrogens with one attached hydrogen (secondary N) is 1. The molecule has 1 saturated heterocycles. The Morgan fingerprint density at radius 1 is 1.38 bits per heavy atom. The van der Waals surface area contributed by atoms with Crippen molar-refractivity contribution in [1.29, 1.82) is 0 Å². The molecule has 1 saturated carbocycles. The van der Waals surface area contributed by atoms with Crippen LogP contribution in [0.1, 0.15) is 12.8 Å². The molecule has 0 unspecified atom stereocenters. The first-order valence-corrected chi connectivity index (χ1v) is 4.84. The Morgan fingerprint density at radius 2 is 2.00 bits per heavy atom. The molecule has 1 aliphatic carbocycles. The average Bonchev–Trinajstić information content (AvgIpc) is 2.99. The zero-order chi connectivity index (χ0) is 9.31. The molecule has 0 bridgehead atoms. The molecular weight excluding hydrogens is 168 g/mol. The van der Waals surface area contributed by atoms with Crippen LogP contribution in [0.15, 0.2) is 0 Å². The van der Waals surface area contributed by atoms with Gasteiger partial charge in [-0.05, 0) is 12.8 Å². The van der Waals surface area contributed by atoms with E-state index in [-0.39, 0.29) is 5.91 Å². The first kappa shape index (κ1) is 8.97. The van der Waals surface area contributed by atoms with Crippen molar-refractivity contribution in [2.75, 3.05) is 33.3 Å². The van der Waals surface area contributed by atoms with Crippen LogP contribution in [-0.4, -0.2) is 49.7 Å². The number of carbonyl (C=O) groups is 1. The lowest BCUT2D eigenvalue weighted by Crippen LogP contribution is -2.51. The van der Waals surface area contributed by atoms with Crippen LogP contribution in [0.3, 0.4) is 0 Å². The van der Waals surface area contributed by atoms with Gasteiger partial charge in [0.05, 0.1) is 0 Å². The Morgan fingerprint density at radius 3 is 2.46 bits per heavy atom. The molecule has 1 N–H and O–H groups in total. The van der Waals surface area contributed by atoms with E-state index in [1.165, 1.54) is 0 Å². The molecule has 0 spiro atoms. The summed E-state index contributed by atoms with van der Waals surface area (Å²) in [6.45, 7) is 3.46. The van der Waals surface area contributed by atoms with E-state index in [0.717, 1.165) is 39.0 Å². The van der Waals surface area contributed by atoms with E-state index in [2.05, 4.69) is 5.32 Å². The van der Waals surface area contributed by atoms with Crippen LogP contribution in [0.4, 0.5) is 0 Å². The number of ether oxygens (including phenoxy) is 1. The lowest BCUT2D eigenvalue weighted by atomic mass is 10.2. The number of hydrogen-bond donors (Lipinski definition) is 1. The van der Waals surface area contributed by atoms with E-state index in [1.54, 1.807) is 7.11 Å². The van der Waals surface area contributed by atoms with Gasteiger partial charge in [-0.3, -0.25) is 4.79 Å². The highest BCUT2D eigenvalue weighted by Gasteiger charge is 2.52. The average molecular weight is 184 g/mol. The third-order valence-electron chi connectivity index (χ3n) is 2.89. The molecule has 4 nitrogen and oxygen atoms in total. The van der Waals surface area contributed by atoms with E-state index < -0.39 is 5.60 Å². The number of piperazine rings is 1. The van der Waals surface area contributed by atoms with E-state index in [1.807, 2.05) is 4.90 Å². The predicted molar refractivity (Wildman–Crippen MR) is 48.4 cm³/mol. The Hall–Kier alpha value is -0.610. The molecule has 1 amide bonds. The van der Waals surface area contributed by atoms with Crippen molar-refractivity contribution in [1.82, 2.24) is 10.2 Å². The van der Waals surface area contributed by atoms with Gasteiger partial charge in [-0.25, -0.2) is 0 Å². The summed E-state index contributed by atoms with van der Waals surface area (Å²) in [7, 11) is 1.63. The van der Waals surface area contributed by atoms with Gasteiger partial charge in [0.2, 0.25) is 0 Å². The summed E-state index contributed by atoms with van der Waals surface area (Å²) < 4.78 is 5.25. The van der Waals surface area contributed by atoms with Crippen LogP contribution < -0.4 is 5.32 Å². The minimum Gasteiger partial charge on any atom is -0.368 e. The summed E-state index contributed by atoms with van der Waals surface area (Å²) in [5.74, 6) is 0.191. The molecule has 2 fully saturated rings. The lowest BCUT2D eigenvalue weighted by Gasteiger charge is -2.30. The van der Waals surface area contributed by atoms with Gasteiger partial charge in [-0.2, -0.15) is 0 Å². The van der Waals surface area contributed by atoms with Gasteiger partial charge in [0.25, 0.3) is 5.91 Å². The third kappa shape index (κ3) is 1.56. The standard InChI is InChI=1S/C9H16N2O2/c1-13-9(2-3-9)8(12)11-6-4-10-5-7-11/h10H,2-7H2,1H3. The van der Waals surface area contributed by atoms with E-state index in [4.69, 9.17) is 4.74 Å². The fraction of sp³-hybridized carbons (Fsp3) is 0.889. The molecular formula is C9H16N2O2. The number of methoxy groups -OCH3 is 1. The van der Waals surface area contributed by atoms with Crippen molar-refractivity contribution in [3.05, 3.63) is 0 Å². The topological polar surface area (TPSA) is 41.6 Å². The summed E-state index contributed by atoms with van der Waals surface area (Å²) in [6.07, 6.45) is 1.79. The van der Waals surface area contributed by atoms with Crippen LogP contribution >= 0.6 is 0 Å². The predicted octanol–water partition coefficient (Wildman–Crippen LogP) is -0.403. The first-order chi connectivity index (χ1) is 6.28. The normalized spacial score (nSPS) is 25.8. The van der Waals surface area contributed by atoms with E-state index >= 15 is 0 Å². The maximum absolute atomic E-state index is 11.9. The molecule has 2 rings (SSSR count). The fourth-order valence-electron chi connectivity index (χ4n) is 1.77. The van der Waals surface area contributed by atoms with Crippen molar-refractivity contribution < 1.29 is 9.53 Å². The zero-order valence-electron chi connectivity index (χ0n) is 8.01. The van der Waals surface area contributed by atoms with Crippen molar-refractivity contribution in [2.45, 2.75) is 18.4 Å². The second kappa shape index (κ2) is 3.27. The molecule has 2 aliphatic rings. The van der Waals surface area contributed by atoms with Gasteiger partial charge >= 0.3 is 0 Å². The van der Waals surface area contributed by atoms with Crippen molar-refractivity contribution in [2.24, 2.45) is 0 Å². The third-order valence-corrected chi connectivity index (χ3v) is 2.89. The van der Waals surface area contributed by atoms with Crippen LogP contribution in [0, 0.1) is 0 Å². The van der Waals surface area contributed by atoms with Crippen LogP contribution in [0.5, 0.6) is 0 Å². The fourth-order valence-corrected chi connectivity index (χ4v) is 1.77. The molecule has 0 aromatic rings. The van der Waals surface area contributed by atoms with Gasteiger partial charge in [-0.15, -0.1) is 0 Å². The molecule has 1 aliphatic heterocycles. The van der Waals surface area contributed by atoms with Crippen molar-refractivity contribution in [3.63, 3.8) is 0 Å². The number of rotatable bonds is 2. The Kier molecular flexibility index (Phi) is 2.26. The van der Waals surface area contributed by atoms with Crippen LogP contribution in [0.25, 0.3) is 0 Å². The highest BCUT2D eigenvalue weighted by Crippen LogP contribution is 2.40. The maximum Gasteiger partial charge on any atom is 0.254 e. The minimum absolute atomic E-state index is 0.191. The monoisotopic (exact) mass is 184 g/mol. The van der Waals surface area contributed by atoms with Gasteiger partial charge in [0, 0.05) is 33.3 Å². The highest BCUT2D eigenvalue weighted by atomic mass is 16.5. The first-order valence-electron chi connectivity index (χ1n) is 4.84. The van der Waals surface area contributed by atoms with Gasteiger partial charge in [-0.1, -0.05) is 0 Å². The number of amides is 1. The molecule has 1 heterocycles. The molecule has 74 valence electrons.